The Balaban J connectivity index is 1.58. The molecule has 3 rings (SSSR count). The van der Waals surface area contributed by atoms with Crippen molar-refractivity contribution in [1.29, 1.82) is 0 Å². The highest BCUT2D eigenvalue weighted by Crippen LogP contribution is 2.38. The summed E-state index contributed by atoms with van der Waals surface area (Å²) in [4.78, 5) is 26.8. The van der Waals surface area contributed by atoms with Gasteiger partial charge in [-0.25, -0.2) is 4.79 Å². The summed E-state index contributed by atoms with van der Waals surface area (Å²) in [5, 5.41) is 15.3. The summed E-state index contributed by atoms with van der Waals surface area (Å²) in [5.74, 6) is 0.106. The number of aromatic nitrogens is 2. The van der Waals surface area contributed by atoms with Crippen LogP contribution in [0.25, 0.3) is 0 Å². The van der Waals surface area contributed by atoms with Crippen molar-refractivity contribution in [3.63, 3.8) is 0 Å². The van der Waals surface area contributed by atoms with Crippen LogP contribution in [-0.4, -0.2) is 27.1 Å². The second-order valence-corrected chi connectivity index (χ2v) is 4.89. The fourth-order valence-electron chi connectivity index (χ4n) is 1.86. The van der Waals surface area contributed by atoms with E-state index < -0.39 is 5.97 Å². The van der Waals surface area contributed by atoms with E-state index >= 15 is 0 Å². The molecule has 0 unspecified atom stereocenters. The molecule has 0 atom stereocenters. The van der Waals surface area contributed by atoms with Crippen molar-refractivity contribution >= 4 is 11.9 Å². The summed E-state index contributed by atoms with van der Waals surface area (Å²) in [6.45, 7) is 0.176. The standard InChI is InChI=1S/C14H13N3O4/c18-12(8-1-5-10(6-2-8)14(19)20)15-7-11-16-13(21-17-11)9-3-4-9/h1-2,5-6,9H,3-4,7H2,(H,15,18)(H,19,20). The minimum absolute atomic E-state index is 0.138. The number of carbonyl (C=O) groups excluding carboxylic acids is 1. The number of carboxylic acid groups (broad SMARTS) is 1. The molecule has 1 amide bonds. The Kier molecular flexibility index (Phi) is 3.39. The summed E-state index contributed by atoms with van der Waals surface area (Å²) in [5.41, 5.74) is 0.518. The Morgan fingerprint density at radius 3 is 2.52 bits per heavy atom. The summed E-state index contributed by atoms with van der Waals surface area (Å²) in [7, 11) is 0. The number of amides is 1. The zero-order chi connectivity index (χ0) is 14.8. The van der Waals surface area contributed by atoms with Gasteiger partial charge in [-0.1, -0.05) is 5.16 Å². The van der Waals surface area contributed by atoms with Gasteiger partial charge in [0.15, 0.2) is 5.82 Å². The van der Waals surface area contributed by atoms with Crippen molar-refractivity contribution in [2.75, 3.05) is 0 Å². The van der Waals surface area contributed by atoms with Gasteiger partial charge in [0.25, 0.3) is 5.91 Å². The molecule has 0 bridgehead atoms. The summed E-state index contributed by atoms with van der Waals surface area (Å²) in [6, 6.07) is 5.70. The molecule has 108 valence electrons. The fourth-order valence-corrected chi connectivity index (χ4v) is 1.86. The van der Waals surface area contributed by atoms with Crippen molar-refractivity contribution in [2.24, 2.45) is 0 Å². The van der Waals surface area contributed by atoms with Gasteiger partial charge in [-0.3, -0.25) is 4.79 Å². The lowest BCUT2D eigenvalue weighted by molar-refractivity contribution is 0.0696. The average molecular weight is 287 g/mol. The van der Waals surface area contributed by atoms with Gasteiger partial charge >= 0.3 is 5.97 Å². The lowest BCUT2D eigenvalue weighted by atomic mass is 10.1. The van der Waals surface area contributed by atoms with Crippen molar-refractivity contribution in [3.8, 4) is 0 Å². The van der Waals surface area contributed by atoms with E-state index in [4.69, 9.17) is 9.63 Å². The van der Waals surface area contributed by atoms with E-state index in [1.54, 1.807) is 0 Å². The third kappa shape index (κ3) is 3.07. The van der Waals surface area contributed by atoms with Crippen LogP contribution >= 0.6 is 0 Å². The van der Waals surface area contributed by atoms with E-state index in [0.29, 0.717) is 23.2 Å². The number of carboxylic acids is 1. The molecule has 1 aromatic carbocycles. The molecule has 7 nitrogen and oxygen atoms in total. The number of rotatable bonds is 5. The van der Waals surface area contributed by atoms with Gasteiger partial charge in [0.2, 0.25) is 5.89 Å². The van der Waals surface area contributed by atoms with Crippen LogP contribution in [0.5, 0.6) is 0 Å². The predicted molar refractivity (Wildman–Crippen MR) is 70.8 cm³/mol. The number of benzene rings is 1. The van der Waals surface area contributed by atoms with E-state index in [9.17, 15) is 9.59 Å². The number of aromatic carboxylic acids is 1. The Morgan fingerprint density at radius 2 is 1.90 bits per heavy atom. The summed E-state index contributed by atoms with van der Waals surface area (Å²) < 4.78 is 5.09. The van der Waals surface area contributed by atoms with E-state index in [1.807, 2.05) is 0 Å². The zero-order valence-electron chi connectivity index (χ0n) is 11.1. The molecule has 0 spiro atoms. The molecule has 0 radical (unpaired) electrons. The maximum atomic E-state index is 11.9. The maximum Gasteiger partial charge on any atom is 0.335 e. The zero-order valence-corrected chi connectivity index (χ0v) is 11.1. The van der Waals surface area contributed by atoms with Gasteiger partial charge in [-0.2, -0.15) is 4.98 Å². The second kappa shape index (κ2) is 5.35. The van der Waals surface area contributed by atoms with E-state index in [2.05, 4.69) is 15.5 Å². The van der Waals surface area contributed by atoms with Crippen LogP contribution in [0.4, 0.5) is 0 Å². The fraction of sp³-hybridized carbons (Fsp3) is 0.286. The number of nitrogens with one attached hydrogen (secondary N) is 1. The molecule has 0 aliphatic heterocycles. The lowest BCUT2D eigenvalue weighted by Gasteiger charge is -2.02. The number of hydrogen-bond acceptors (Lipinski definition) is 5. The molecule has 7 heteroatoms. The quantitative estimate of drug-likeness (QED) is 0.864. The molecule has 0 saturated heterocycles. The Hall–Kier alpha value is -2.70. The monoisotopic (exact) mass is 287 g/mol. The number of nitrogens with zero attached hydrogens (tertiary/aromatic N) is 2. The average Bonchev–Trinajstić information content (AvgIpc) is 3.24. The third-order valence-corrected chi connectivity index (χ3v) is 3.21. The first-order valence-corrected chi connectivity index (χ1v) is 6.57. The largest absolute Gasteiger partial charge is 0.478 e. The van der Waals surface area contributed by atoms with Crippen molar-refractivity contribution < 1.29 is 19.2 Å². The normalized spacial score (nSPS) is 13.9. The maximum absolute atomic E-state index is 11.9. The van der Waals surface area contributed by atoms with Crippen LogP contribution in [-0.2, 0) is 6.54 Å². The van der Waals surface area contributed by atoms with Gasteiger partial charge < -0.3 is 14.9 Å². The Morgan fingerprint density at radius 1 is 1.24 bits per heavy atom. The Bertz CT molecular complexity index is 674. The molecule has 2 N–H and O–H groups in total. The minimum Gasteiger partial charge on any atom is -0.478 e. The van der Waals surface area contributed by atoms with Crippen LogP contribution in [0, 0.1) is 0 Å². The highest BCUT2D eigenvalue weighted by molar-refractivity contribution is 5.95. The van der Waals surface area contributed by atoms with Crippen molar-refractivity contribution in [2.45, 2.75) is 25.3 Å². The molecule has 1 aliphatic carbocycles. The molecule has 1 saturated carbocycles. The molecule has 1 fully saturated rings. The first kappa shape index (κ1) is 13.3. The minimum atomic E-state index is -1.03. The molecular formula is C14H13N3O4. The van der Waals surface area contributed by atoms with Crippen molar-refractivity contribution in [1.82, 2.24) is 15.5 Å². The van der Waals surface area contributed by atoms with Gasteiger partial charge in [0, 0.05) is 11.5 Å². The molecular weight excluding hydrogens is 274 g/mol. The van der Waals surface area contributed by atoms with Crippen LogP contribution in [0.2, 0.25) is 0 Å². The number of hydrogen-bond donors (Lipinski definition) is 2. The first-order valence-electron chi connectivity index (χ1n) is 6.57. The van der Waals surface area contributed by atoms with E-state index in [0.717, 1.165) is 12.8 Å². The summed E-state index contributed by atoms with van der Waals surface area (Å²) in [6.07, 6.45) is 2.15. The molecule has 21 heavy (non-hydrogen) atoms. The molecule has 1 aliphatic rings. The van der Waals surface area contributed by atoms with Gasteiger partial charge in [-0.15, -0.1) is 0 Å². The Labute approximate surface area is 120 Å². The van der Waals surface area contributed by atoms with E-state index in [1.165, 1.54) is 24.3 Å². The van der Waals surface area contributed by atoms with Crippen LogP contribution in [0.1, 0.15) is 51.2 Å². The first-order chi connectivity index (χ1) is 10.1. The second-order valence-electron chi connectivity index (χ2n) is 4.89. The highest BCUT2D eigenvalue weighted by Gasteiger charge is 2.29. The predicted octanol–water partition coefficient (Wildman–Crippen LogP) is 1.58. The molecule has 2 aromatic rings. The van der Waals surface area contributed by atoms with Crippen molar-refractivity contribution in [3.05, 3.63) is 47.1 Å². The van der Waals surface area contributed by atoms with Gasteiger partial charge in [0.05, 0.1) is 12.1 Å². The smallest absolute Gasteiger partial charge is 0.335 e. The lowest BCUT2D eigenvalue weighted by Crippen LogP contribution is -2.23. The van der Waals surface area contributed by atoms with Crippen LogP contribution in [0.15, 0.2) is 28.8 Å². The highest BCUT2D eigenvalue weighted by atomic mass is 16.5. The van der Waals surface area contributed by atoms with Crippen LogP contribution < -0.4 is 5.32 Å². The van der Waals surface area contributed by atoms with Gasteiger partial charge in [-0.05, 0) is 37.1 Å². The molecule has 1 heterocycles. The number of carbonyl (C=O) groups is 2. The SMILES string of the molecule is O=C(O)c1ccc(C(=O)NCc2noc(C3CC3)n2)cc1. The molecule has 1 aromatic heterocycles. The van der Waals surface area contributed by atoms with Crippen LogP contribution in [0.3, 0.4) is 0 Å². The van der Waals surface area contributed by atoms with Gasteiger partial charge in [0.1, 0.15) is 0 Å². The topological polar surface area (TPSA) is 105 Å². The van der Waals surface area contributed by atoms with E-state index in [-0.39, 0.29) is 18.0 Å². The third-order valence-electron chi connectivity index (χ3n) is 3.21. The summed E-state index contributed by atoms with van der Waals surface area (Å²) >= 11 is 0.